The number of likely N-dealkylation sites (tertiary alicyclic amines) is 1. The highest BCUT2D eigenvalue weighted by Crippen LogP contribution is 2.19. The molecule has 0 saturated carbocycles. The molecular weight excluding hydrogens is 231 g/mol. The van der Waals surface area contributed by atoms with Crippen LogP contribution in [0.2, 0.25) is 0 Å². The Morgan fingerprint density at radius 1 is 1.22 bits per heavy atom. The SMILES string of the molecule is NCCN1CCC(COc2ccc(F)cc2)CC1. The number of nitrogens with zero attached hydrogens (tertiary/aromatic N) is 1. The van der Waals surface area contributed by atoms with Crippen LogP contribution in [0.15, 0.2) is 24.3 Å². The molecule has 2 N–H and O–H groups in total. The number of hydrogen-bond donors (Lipinski definition) is 1. The topological polar surface area (TPSA) is 38.5 Å². The van der Waals surface area contributed by atoms with Gasteiger partial charge in [-0.25, -0.2) is 4.39 Å². The zero-order valence-electron chi connectivity index (χ0n) is 10.6. The normalized spacial score (nSPS) is 17.9. The number of benzene rings is 1. The van der Waals surface area contributed by atoms with Crippen LogP contribution in [0.3, 0.4) is 0 Å². The van der Waals surface area contributed by atoms with E-state index in [0.717, 1.165) is 51.4 Å². The third kappa shape index (κ3) is 3.96. The second-order valence-corrected chi connectivity index (χ2v) is 4.84. The Labute approximate surface area is 108 Å². The lowest BCUT2D eigenvalue weighted by Gasteiger charge is -2.31. The maximum Gasteiger partial charge on any atom is 0.123 e. The molecule has 0 radical (unpaired) electrons. The molecule has 0 aliphatic carbocycles. The zero-order valence-corrected chi connectivity index (χ0v) is 10.6. The highest BCUT2D eigenvalue weighted by Gasteiger charge is 2.18. The van der Waals surface area contributed by atoms with Crippen molar-refractivity contribution < 1.29 is 9.13 Å². The van der Waals surface area contributed by atoms with Gasteiger partial charge in [0.1, 0.15) is 11.6 Å². The van der Waals surface area contributed by atoms with E-state index < -0.39 is 0 Å². The molecule has 0 atom stereocenters. The van der Waals surface area contributed by atoms with Crippen LogP contribution in [0.5, 0.6) is 5.75 Å². The van der Waals surface area contributed by atoms with Crippen LogP contribution in [0.4, 0.5) is 4.39 Å². The Balaban J connectivity index is 1.70. The number of rotatable bonds is 5. The van der Waals surface area contributed by atoms with Crippen LogP contribution < -0.4 is 10.5 Å². The summed E-state index contributed by atoms with van der Waals surface area (Å²) in [6.07, 6.45) is 2.31. The molecule has 0 aromatic heterocycles. The molecule has 18 heavy (non-hydrogen) atoms. The first-order valence-corrected chi connectivity index (χ1v) is 6.58. The van der Waals surface area contributed by atoms with Gasteiger partial charge in [-0.05, 0) is 56.1 Å². The molecule has 0 unspecified atom stereocenters. The molecule has 3 nitrogen and oxygen atoms in total. The highest BCUT2D eigenvalue weighted by molar-refractivity contribution is 5.22. The minimum atomic E-state index is -0.225. The van der Waals surface area contributed by atoms with Gasteiger partial charge in [-0.3, -0.25) is 0 Å². The van der Waals surface area contributed by atoms with Crippen molar-refractivity contribution in [3.8, 4) is 5.75 Å². The van der Waals surface area contributed by atoms with Gasteiger partial charge in [0.25, 0.3) is 0 Å². The molecule has 1 saturated heterocycles. The highest BCUT2D eigenvalue weighted by atomic mass is 19.1. The zero-order chi connectivity index (χ0) is 12.8. The first-order chi connectivity index (χ1) is 8.78. The van der Waals surface area contributed by atoms with Gasteiger partial charge >= 0.3 is 0 Å². The van der Waals surface area contributed by atoms with Crippen LogP contribution >= 0.6 is 0 Å². The molecule has 1 aromatic carbocycles. The second-order valence-electron chi connectivity index (χ2n) is 4.84. The van der Waals surface area contributed by atoms with E-state index >= 15 is 0 Å². The molecule has 1 aromatic rings. The molecule has 2 rings (SSSR count). The summed E-state index contributed by atoms with van der Waals surface area (Å²) in [5.41, 5.74) is 5.54. The van der Waals surface area contributed by atoms with Crippen LogP contribution in [0, 0.1) is 11.7 Å². The molecule has 1 heterocycles. The largest absolute Gasteiger partial charge is 0.493 e. The molecule has 1 fully saturated rings. The summed E-state index contributed by atoms with van der Waals surface area (Å²) in [5.74, 6) is 1.13. The fourth-order valence-corrected chi connectivity index (χ4v) is 2.30. The van der Waals surface area contributed by atoms with E-state index in [1.165, 1.54) is 12.1 Å². The summed E-state index contributed by atoms with van der Waals surface area (Å²) in [5, 5.41) is 0. The number of hydrogen-bond acceptors (Lipinski definition) is 3. The number of halogens is 1. The standard InChI is InChI=1S/C14H21FN2O/c15-13-1-3-14(4-2-13)18-11-12-5-8-17(9-6-12)10-7-16/h1-4,12H,5-11,16H2. The van der Waals surface area contributed by atoms with Crippen molar-refractivity contribution >= 4 is 0 Å². The fourth-order valence-electron chi connectivity index (χ4n) is 2.30. The fraction of sp³-hybridized carbons (Fsp3) is 0.571. The summed E-state index contributed by atoms with van der Waals surface area (Å²) < 4.78 is 18.4. The molecule has 0 bridgehead atoms. The Kier molecular flexibility index (Phi) is 4.96. The summed E-state index contributed by atoms with van der Waals surface area (Å²) in [7, 11) is 0. The maximum absolute atomic E-state index is 12.7. The summed E-state index contributed by atoms with van der Waals surface area (Å²) in [4.78, 5) is 2.40. The third-order valence-electron chi connectivity index (χ3n) is 3.45. The predicted molar refractivity (Wildman–Crippen MR) is 70.1 cm³/mol. The van der Waals surface area contributed by atoms with Crippen molar-refractivity contribution in [2.24, 2.45) is 11.7 Å². The smallest absolute Gasteiger partial charge is 0.123 e. The second kappa shape index (κ2) is 6.71. The summed E-state index contributed by atoms with van der Waals surface area (Å²) in [6.45, 7) is 4.66. The van der Waals surface area contributed by atoms with Gasteiger partial charge in [0.2, 0.25) is 0 Å². The van der Waals surface area contributed by atoms with Gasteiger partial charge in [0.15, 0.2) is 0 Å². The van der Waals surface area contributed by atoms with Gasteiger partial charge in [-0.2, -0.15) is 0 Å². The van der Waals surface area contributed by atoms with Gasteiger partial charge in [-0.15, -0.1) is 0 Å². The van der Waals surface area contributed by atoms with Gasteiger partial charge in [0.05, 0.1) is 6.61 Å². The van der Waals surface area contributed by atoms with E-state index in [2.05, 4.69) is 4.90 Å². The average molecular weight is 252 g/mol. The van der Waals surface area contributed by atoms with E-state index in [1.807, 2.05) is 0 Å². The minimum absolute atomic E-state index is 0.225. The predicted octanol–water partition coefficient (Wildman–Crippen LogP) is 1.88. The molecule has 100 valence electrons. The van der Waals surface area contributed by atoms with Crippen molar-refractivity contribution in [1.29, 1.82) is 0 Å². The van der Waals surface area contributed by atoms with Crippen LogP contribution in [0.1, 0.15) is 12.8 Å². The third-order valence-corrected chi connectivity index (χ3v) is 3.45. The maximum atomic E-state index is 12.7. The molecular formula is C14H21FN2O. The van der Waals surface area contributed by atoms with Gasteiger partial charge in [-0.1, -0.05) is 0 Å². The Morgan fingerprint density at radius 3 is 2.50 bits per heavy atom. The van der Waals surface area contributed by atoms with Crippen molar-refractivity contribution in [2.45, 2.75) is 12.8 Å². The lowest BCUT2D eigenvalue weighted by molar-refractivity contribution is 0.144. The average Bonchev–Trinajstić information content (AvgIpc) is 2.40. The van der Waals surface area contributed by atoms with E-state index in [1.54, 1.807) is 12.1 Å². The summed E-state index contributed by atoms with van der Waals surface area (Å²) in [6, 6.07) is 6.22. The number of ether oxygens (including phenoxy) is 1. The van der Waals surface area contributed by atoms with Crippen molar-refractivity contribution in [3.05, 3.63) is 30.1 Å². The van der Waals surface area contributed by atoms with Crippen LogP contribution in [-0.4, -0.2) is 37.7 Å². The number of piperidine rings is 1. The lowest BCUT2D eigenvalue weighted by atomic mass is 9.98. The van der Waals surface area contributed by atoms with Crippen molar-refractivity contribution in [1.82, 2.24) is 4.90 Å². The van der Waals surface area contributed by atoms with E-state index in [0.29, 0.717) is 5.92 Å². The van der Waals surface area contributed by atoms with E-state index in [-0.39, 0.29) is 5.82 Å². The Bertz CT molecular complexity index is 347. The van der Waals surface area contributed by atoms with Crippen molar-refractivity contribution in [2.75, 3.05) is 32.8 Å². The molecule has 0 amide bonds. The summed E-state index contributed by atoms with van der Waals surface area (Å²) >= 11 is 0. The molecule has 1 aliphatic heterocycles. The van der Waals surface area contributed by atoms with Crippen LogP contribution in [0.25, 0.3) is 0 Å². The first-order valence-electron chi connectivity index (χ1n) is 6.58. The van der Waals surface area contributed by atoms with Crippen molar-refractivity contribution in [3.63, 3.8) is 0 Å². The Hall–Kier alpha value is -1.13. The first kappa shape index (κ1) is 13.3. The Morgan fingerprint density at radius 2 is 1.89 bits per heavy atom. The monoisotopic (exact) mass is 252 g/mol. The molecule has 4 heteroatoms. The minimum Gasteiger partial charge on any atom is -0.493 e. The van der Waals surface area contributed by atoms with E-state index in [4.69, 9.17) is 10.5 Å². The quantitative estimate of drug-likeness (QED) is 0.869. The molecule has 0 spiro atoms. The number of nitrogens with two attached hydrogens (primary N) is 1. The molecule has 1 aliphatic rings. The van der Waals surface area contributed by atoms with E-state index in [9.17, 15) is 4.39 Å². The lowest BCUT2D eigenvalue weighted by Crippen LogP contribution is -2.38. The van der Waals surface area contributed by atoms with Gasteiger partial charge < -0.3 is 15.4 Å². The van der Waals surface area contributed by atoms with Crippen LogP contribution in [-0.2, 0) is 0 Å². The van der Waals surface area contributed by atoms with Gasteiger partial charge in [0, 0.05) is 13.1 Å².